The average Bonchev–Trinajstić information content (AvgIpc) is 2.08. The molecule has 1 aliphatic rings. The van der Waals surface area contributed by atoms with E-state index >= 15 is 0 Å². The lowest BCUT2D eigenvalue weighted by Gasteiger charge is -2.13. The quantitative estimate of drug-likeness (QED) is 0.488. The van der Waals surface area contributed by atoms with E-state index in [4.69, 9.17) is 3.79 Å². The fraction of sp³-hybridized carbons (Fsp3) is 0.778. The third-order valence-electron chi connectivity index (χ3n) is 1.81. The molecule has 0 aromatic rings. The first-order valence-corrected chi connectivity index (χ1v) is 9.23. The van der Waals surface area contributed by atoms with E-state index in [-0.39, 0.29) is 0 Å². The topological polar surface area (TPSA) is 9.23 Å². The molecule has 67 valence electrons. The summed E-state index contributed by atoms with van der Waals surface area (Å²) in [5.41, 5.74) is 0. The van der Waals surface area contributed by atoms with Gasteiger partial charge in [-0.25, -0.2) is 0 Å². The van der Waals surface area contributed by atoms with E-state index in [9.17, 15) is 0 Å². The molecule has 1 nitrogen and oxygen atoms in total. The van der Waals surface area contributed by atoms with E-state index in [1.165, 1.54) is 23.4 Å². The Morgan fingerprint density at radius 2 is 2.33 bits per heavy atom. The Balaban J connectivity index is 0.000000217. The van der Waals surface area contributed by atoms with Gasteiger partial charge >= 0.3 is 14.5 Å². The first-order chi connectivity index (χ1) is 5.81. The predicted molar refractivity (Wildman–Crippen MR) is 58.2 cm³/mol. The van der Waals surface area contributed by atoms with Crippen LogP contribution in [0.3, 0.4) is 0 Å². The molecule has 0 bridgehead atoms. The van der Waals surface area contributed by atoms with Gasteiger partial charge in [-0.1, -0.05) is 22.8 Å². The van der Waals surface area contributed by atoms with Crippen molar-refractivity contribution in [3.8, 4) is 0 Å². The molecule has 0 unspecified atom stereocenters. The van der Waals surface area contributed by atoms with E-state index in [1.54, 1.807) is 0 Å². The third-order valence-corrected chi connectivity index (χ3v) is 4.64. The summed E-state index contributed by atoms with van der Waals surface area (Å²) in [6.45, 7) is 4.62. The molecule has 0 aliphatic carbocycles. The zero-order valence-corrected chi connectivity index (χ0v) is 10.7. The molecule has 1 heterocycles. The molecule has 0 saturated carbocycles. The molecular weight excluding hydrogens is 178 g/mol. The SMILES string of the molecule is C=C[CH2][Al][CH3].[CH3][Al]1[CH2]CCC[O]1. The van der Waals surface area contributed by atoms with Crippen LogP contribution in [0.5, 0.6) is 0 Å². The van der Waals surface area contributed by atoms with Crippen LogP contribution in [0.2, 0.25) is 22.1 Å². The summed E-state index contributed by atoms with van der Waals surface area (Å²) in [6, 6.07) is 0. The molecular formula is C9H19Al2O. The van der Waals surface area contributed by atoms with Gasteiger partial charge in [0.1, 0.15) is 0 Å². The zero-order chi connectivity index (χ0) is 9.23. The van der Waals surface area contributed by atoms with Crippen molar-refractivity contribution in [1.82, 2.24) is 0 Å². The lowest BCUT2D eigenvalue weighted by molar-refractivity contribution is 0.291. The lowest BCUT2D eigenvalue weighted by Crippen LogP contribution is -2.18. The summed E-state index contributed by atoms with van der Waals surface area (Å²) in [6.07, 6.45) is 4.69. The molecule has 1 aliphatic heterocycles. The van der Waals surface area contributed by atoms with E-state index in [1.807, 2.05) is 6.08 Å². The van der Waals surface area contributed by atoms with E-state index in [0.717, 1.165) is 6.61 Å². The standard InChI is InChI=1S/C4H8O.C3H5.2CH3.2Al/c1-2-3-4-5;1-3-2;;;;/h1-4H2;3H,1-2H2;2*1H3;;/q-1;;;;;+1. The Hall–Kier alpha value is 0.765. The van der Waals surface area contributed by atoms with E-state index in [0.29, 0.717) is 15.2 Å². The summed E-state index contributed by atoms with van der Waals surface area (Å²) in [4.78, 5) is 0. The van der Waals surface area contributed by atoms with Gasteiger partial charge in [0.15, 0.2) is 0 Å². The van der Waals surface area contributed by atoms with Crippen molar-refractivity contribution in [2.75, 3.05) is 6.61 Å². The van der Waals surface area contributed by atoms with Crippen molar-refractivity contribution in [2.24, 2.45) is 0 Å². The van der Waals surface area contributed by atoms with Crippen LogP contribution in [0, 0.1) is 0 Å². The van der Waals surface area contributed by atoms with Crippen LogP contribution in [0.1, 0.15) is 12.8 Å². The van der Waals surface area contributed by atoms with Crippen LogP contribution in [0.15, 0.2) is 12.7 Å². The second kappa shape index (κ2) is 9.85. The van der Waals surface area contributed by atoms with Crippen LogP contribution >= 0.6 is 0 Å². The highest BCUT2D eigenvalue weighted by Crippen LogP contribution is 2.09. The normalized spacial score (nSPS) is 16.0. The lowest BCUT2D eigenvalue weighted by atomic mass is 10.4. The van der Waals surface area contributed by atoms with Crippen molar-refractivity contribution in [1.29, 1.82) is 0 Å². The average molecular weight is 197 g/mol. The third kappa shape index (κ3) is 8.86. The second-order valence-electron chi connectivity index (χ2n) is 3.11. The molecule has 1 rings (SSSR count). The molecule has 0 spiro atoms. The zero-order valence-electron chi connectivity index (χ0n) is 8.38. The van der Waals surface area contributed by atoms with Crippen LogP contribution in [-0.2, 0) is 3.79 Å². The molecule has 0 N–H and O–H groups in total. The fourth-order valence-electron chi connectivity index (χ4n) is 1.07. The Labute approximate surface area is 87.6 Å². The monoisotopic (exact) mass is 197 g/mol. The molecule has 12 heavy (non-hydrogen) atoms. The van der Waals surface area contributed by atoms with Gasteiger partial charge in [-0.2, -0.15) is 0 Å². The van der Waals surface area contributed by atoms with Gasteiger partial charge < -0.3 is 3.79 Å². The molecule has 1 radical (unpaired) electrons. The molecule has 1 saturated heterocycles. The Morgan fingerprint density at radius 1 is 1.58 bits per heavy atom. The second-order valence-corrected chi connectivity index (χ2v) is 6.93. The van der Waals surface area contributed by atoms with Gasteiger partial charge in [0.2, 0.25) is 15.2 Å². The highest BCUT2D eigenvalue weighted by atomic mass is 27.2. The van der Waals surface area contributed by atoms with Crippen LogP contribution in [-0.4, -0.2) is 36.3 Å². The van der Waals surface area contributed by atoms with Crippen LogP contribution in [0.4, 0.5) is 0 Å². The van der Waals surface area contributed by atoms with E-state index in [2.05, 4.69) is 18.2 Å². The number of allylic oxidation sites excluding steroid dienone is 1. The Morgan fingerprint density at radius 3 is 2.50 bits per heavy atom. The minimum absolute atomic E-state index is 0.595. The van der Waals surface area contributed by atoms with Gasteiger partial charge in [0.05, 0.1) is 0 Å². The minimum Gasteiger partial charge on any atom is -0.501 e. The summed E-state index contributed by atoms with van der Waals surface area (Å²) in [7, 11) is 0. The van der Waals surface area contributed by atoms with Gasteiger partial charge in [-0.05, 0) is 6.42 Å². The molecule has 0 aromatic carbocycles. The van der Waals surface area contributed by atoms with Gasteiger partial charge in [0.25, 0.3) is 0 Å². The maximum absolute atomic E-state index is 5.42. The molecule has 0 amide bonds. The van der Waals surface area contributed by atoms with Crippen molar-refractivity contribution in [3.63, 3.8) is 0 Å². The number of hydrogen-bond donors (Lipinski definition) is 0. The van der Waals surface area contributed by atoms with Crippen LogP contribution < -0.4 is 0 Å². The predicted octanol–water partition coefficient (Wildman–Crippen LogP) is 2.76. The largest absolute Gasteiger partial charge is 0.501 e. The van der Waals surface area contributed by atoms with Crippen LogP contribution in [0.25, 0.3) is 0 Å². The highest BCUT2D eigenvalue weighted by molar-refractivity contribution is 6.50. The summed E-state index contributed by atoms with van der Waals surface area (Å²) < 4.78 is 5.42. The molecule has 3 heteroatoms. The van der Waals surface area contributed by atoms with Crippen molar-refractivity contribution < 1.29 is 3.79 Å². The smallest absolute Gasteiger partial charge is 0.457 e. The highest BCUT2D eigenvalue weighted by Gasteiger charge is 2.15. The van der Waals surface area contributed by atoms with Gasteiger partial charge in [-0.15, -0.1) is 18.4 Å². The summed E-state index contributed by atoms with van der Waals surface area (Å²) >= 11 is 0.0733. The van der Waals surface area contributed by atoms with Gasteiger partial charge in [-0.3, -0.25) is 0 Å². The van der Waals surface area contributed by atoms with Crippen molar-refractivity contribution in [3.05, 3.63) is 12.7 Å². The van der Waals surface area contributed by atoms with E-state index < -0.39 is 14.5 Å². The fourth-order valence-corrected chi connectivity index (χ4v) is 3.00. The first-order valence-electron chi connectivity index (χ1n) is 4.81. The summed E-state index contributed by atoms with van der Waals surface area (Å²) in [5, 5.41) is 2.64. The molecule has 0 atom stereocenters. The Bertz CT molecular complexity index is 101. The van der Waals surface area contributed by atoms with Crippen molar-refractivity contribution in [2.45, 2.75) is 35.0 Å². The maximum Gasteiger partial charge on any atom is 0.457 e. The molecule has 0 aromatic heterocycles. The minimum atomic E-state index is -0.595. The number of hydrogen-bond acceptors (Lipinski definition) is 1. The first kappa shape index (κ1) is 12.8. The maximum atomic E-state index is 5.42. The Kier molecular flexibility index (Phi) is 10.5. The van der Waals surface area contributed by atoms with Crippen molar-refractivity contribution >= 4 is 29.7 Å². The number of rotatable bonds is 2. The molecule has 1 fully saturated rings. The summed E-state index contributed by atoms with van der Waals surface area (Å²) in [5.74, 6) is 4.50. The van der Waals surface area contributed by atoms with Gasteiger partial charge in [0, 0.05) is 6.61 Å².